The van der Waals surface area contributed by atoms with Crippen LogP contribution in [0, 0.1) is 0 Å². The summed E-state index contributed by atoms with van der Waals surface area (Å²) in [5.41, 5.74) is 0. The second kappa shape index (κ2) is 4.58. The standard InChI is InChI=1S/C4H10N2O3S2/c5-11(8,9)2-1-6-4(7)3-10/h10H,1-3H2,(H,6,7)(H2,5,8,9). The molecule has 0 rings (SSSR count). The fourth-order valence-corrected chi connectivity index (χ4v) is 0.887. The van der Waals surface area contributed by atoms with Crippen LogP contribution in [0.25, 0.3) is 0 Å². The van der Waals surface area contributed by atoms with E-state index in [1.54, 1.807) is 0 Å². The van der Waals surface area contributed by atoms with Gasteiger partial charge in [-0.15, -0.1) is 0 Å². The summed E-state index contributed by atoms with van der Waals surface area (Å²) in [5.74, 6) is -0.506. The largest absolute Gasteiger partial charge is 0.354 e. The Morgan fingerprint density at radius 1 is 1.55 bits per heavy atom. The van der Waals surface area contributed by atoms with Crippen molar-refractivity contribution in [3.63, 3.8) is 0 Å². The first-order chi connectivity index (χ1) is 4.95. The van der Waals surface area contributed by atoms with Crippen molar-refractivity contribution in [1.82, 2.24) is 5.32 Å². The molecule has 1 amide bonds. The number of carbonyl (C=O) groups excluding carboxylic acids is 1. The number of carbonyl (C=O) groups is 1. The van der Waals surface area contributed by atoms with Crippen LogP contribution in [0.3, 0.4) is 0 Å². The number of hydrogen-bond acceptors (Lipinski definition) is 4. The van der Waals surface area contributed by atoms with E-state index in [0.29, 0.717) is 0 Å². The van der Waals surface area contributed by atoms with E-state index >= 15 is 0 Å². The monoisotopic (exact) mass is 198 g/mol. The molecule has 0 aliphatic heterocycles. The van der Waals surface area contributed by atoms with Crippen molar-refractivity contribution in [2.24, 2.45) is 5.14 Å². The third kappa shape index (κ3) is 7.63. The quantitative estimate of drug-likeness (QED) is 0.471. The number of nitrogens with one attached hydrogen (secondary N) is 1. The third-order valence-electron chi connectivity index (χ3n) is 0.852. The van der Waals surface area contributed by atoms with Crippen LogP contribution in [-0.2, 0) is 14.8 Å². The van der Waals surface area contributed by atoms with Gasteiger partial charge < -0.3 is 5.32 Å². The van der Waals surface area contributed by atoms with Crippen LogP contribution >= 0.6 is 12.6 Å². The highest BCUT2D eigenvalue weighted by Gasteiger charge is 2.02. The summed E-state index contributed by atoms with van der Waals surface area (Å²) in [6.45, 7) is 0.0399. The zero-order chi connectivity index (χ0) is 8.91. The SMILES string of the molecule is NS(=O)(=O)CCNC(=O)CS. The number of sulfonamides is 1. The molecular formula is C4H10N2O3S2. The second-order valence-electron chi connectivity index (χ2n) is 1.88. The third-order valence-corrected chi connectivity index (χ3v) is 1.91. The lowest BCUT2D eigenvalue weighted by Gasteiger charge is -2.00. The smallest absolute Gasteiger partial charge is 0.229 e. The molecule has 0 fully saturated rings. The summed E-state index contributed by atoms with van der Waals surface area (Å²) in [6.07, 6.45) is 0. The summed E-state index contributed by atoms with van der Waals surface area (Å²) in [4.78, 5) is 10.5. The normalized spacial score (nSPS) is 11.1. The van der Waals surface area contributed by atoms with E-state index in [4.69, 9.17) is 0 Å². The van der Waals surface area contributed by atoms with E-state index in [-0.39, 0.29) is 24.0 Å². The van der Waals surface area contributed by atoms with Crippen LogP contribution in [0.1, 0.15) is 0 Å². The Bertz CT molecular complexity index is 223. The van der Waals surface area contributed by atoms with Gasteiger partial charge in [-0.3, -0.25) is 4.79 Å². The molecule has 0 radical (unpaired) electrons. The summed E-state index contributed by atoms with van der Waals surface area (Å²) in [7, 11) is -3.47. The van der Waals surface area contributed by atoms with Crippen molar-refractivity contribution in [3.8, 4) is 0 Å². The highest BCUT2D eigenvalue weighted by atomic mass is 32.2. The molecule has 3 N–H and O–H groups in total. The molecular weight excluding hydrogens is 188 g/mol. The second-order valence-corrected chi connectivity index (χ2v) is 3.93. The topological polar surface area (TPSA) is 89.3 Å². The van der Waals surface area contributed by atoms with Gasteiger partial charge in [-0.25, -0.2) is 13.6 Å². The molecule has 0 aromatic rings. The Labute approximate surface area is 70.8 Å². The Morgan fingerprint density at radius 3 is 2.45 bits per heavy atom. The summed E-state index contributed by atoms with van der Waals surface area (Å²) in [6, 6.07) is 0. The van der Waals surface area contributed by atoms with E-state index in [0.717, 1.165) is 0 Å². The van der Waals surface area contributed by atoms with Crippen molar-refractivity contribution in [3.05, 3.63) is 0 Å². The molecule has 0 unspecified atom stereocenters. The maximum atomic E-state index is 10.5. The zero-order valence-corrected chi connectivity index (χ0v) is 7.49. The number of amides is 1. The maximum absolute atomic E-state index is 10.5. The molecule has 5 nitrogen and oxygen atoms in total. The molecule has 0 saturated carbocycles. The molecule has 0 saturated heterocycles. The maximum Gasteiger partial charge on any atom is 0.229 e. The Morgan fingerprint density at radius 2 is 2.09 bits per heavy atom. The molecule has 0 aromatic carbocycles. The van der Waals surface area contributed by atoms with Gasteiger partial charge in [0.1, 0.15) is 0 Å². The van der Waals surface area contributed by atoms with Gasteiger partial charge in [0.2, 0.25) is 15.9 Å². The lowest BCUT2D eigenvalue weighted by molar-refractivity contribution is -0.118. The molecule has 7 heteroatoms. The number of hydrogen-bond donors (Lipinski definition) is 3. The van der Waals surface area contributed by atoms with Crippen molar-refractivity contribution >= 4 is 28.6 Å². The predicted molar refractivity (Wildman–Crippen MR) is 44.8 cm³/mol. The number of nitrogens with two attached hydrogens (primary N) is 1. The first-order valence-electron chi connectivity index (χ1n) is 2.84. The lowest BCUT2D eigenvalue weighted by Crippen LogP contribution is -2.32. The fraction of sp³-hybridized carbons (Fsp3) is 0.750. The number of primary sulfonamides is 1. The highest BCUT2D eigenvalue weighted by Crippen LogP contribution is 1.76. The van der Waals surface area contributed by atoms with Crippen molar-refractivity contribution < 1.29 is 13.2 Å². The average Bonchev–Trinajstić information content (AvgIpc) is 1.85. The van der Waals surface area contributed by atoms with Crippen LogP contribution in [0.2, 0.25) is 0 Å². The zero-order valence-electron chi connectivity index (χ0n) is 5.78. The molecule has 66 valence electrons. The first-order valence-corrected chi connectivity index (χ1v) is 5.18. The number of thiol groups is 1. The van der Waals surface area contributed by atoms with Gasteiger partial charge in [0.25, 0.3) is 0 Å². The van der Waals surface area contributed by atoms with E-state index in [2.05, 4.69) is 23.1 Å². The van der Waals surface area contributed by atoms with E-state index in [9.17, 15) is 13.2 Å². The van der Waals surface area contributed by atoms with Crippen molar-refractivity contribution in [1.29, 1.82) is 0 Å². The summed E-state index contributed by atoms with van der Waals surface area (Å²) in [5, 5.41) is 6.98. The van der Waals surface area contributed by atoms with Gasteiger partial charge in [0.15, 0.2) is 0 Å². The van der Waals surface area contributed by atoms with Gasteiger partial charge in [0, 0.05) is 6.54 Å². The summed E-state index contributed by atoms with van der Waals surface area (Å²) < 4.78 is 20.6. The van der Waals surface area contributed by atoms with Crippen molar-refractivity contribution in [2.45, 2.75) is 0 Å². The predicted octanol–water partition coefficient (Wildman–Crippen LogP) is -1.68. The van der Waals surface area contributed by atoms with Crippen LogP contribution < -0.4 is 10.5 Å². The van der Waals surface area contributed by atoms with Crippen molar-refractivity contribution in [2.75, 3.05) is 18.1 Å². The Kier molecular flexibility index (Phi) is 4.46. The molecule has 0 aliphatic rings. The van der Waals surface area contributed by atoms with Crippen LogP contribution in [0.5, 0.6) is 0 Å². The fourth-order valence-electron chi connectivity index (χ4n) is 0.389. The average molecular weight is 198 g/mol. The van der Waals surface area contributed by atoms with Gasteiger partial charge in [-0.1, -0.05) is 0 Å². The van der Waals surface area contributed by atoms with Crippen LogP contribution in [-0.4, -0.2) is 32.4 Å². The van der Waals surface area contributed by atoms with Crippen LogP contribution in [0.15, 0.2) is 0 Å². The van der Waals surface area contributed by atoms with E-state index in [1.807, 2.05) is 0 Å². The molecule has 0 atom stereocenters. The lowest BCUT2D eigenvalue weighted by atomic mass is 10.6. The van der Waals surface area contributed by atoms with E-state index in [1.165, 1.54) is 0 Å². The molecule has 0 bridgehead atoms. The molecule has 0 aliphatic carbocycles. The minimum absolute atomic E-state index is 0.0399. The summed E-state index contributed by atoms with van der Waals surface area (Å²) >= 11 is 3.67. The highest BCUT2D eigenvalue weighted by molar-refractivity contribution is 7.89. The van der Waals surface area contributed by atoms with Gasteiger partial charge in [-0.05, 0) is 0 Å². The molecule has 0 heterocycles. The molecule has 0 spiro atoms. The van der Waals surface area contributed by atoms with Gasteiger partial charge in [-0.2, -0.15) is 12.6 Å². The van der Waals surface area contributed by atoms with Gasteiger partial charge >= 0.3 is 0 Å². The minimum atomic E-state index is -3.47. The minimum Gasteiger partial charge on any atom is -0.354 e. The van der Waals surface area contributed by atoms with Crippen LogP contribution in [0.4, 0.5) is 0 Å². The number of rotatable bonds is 4. The Balaban J connectivity index is 3.51. The van der Waals surface area contributed by atoms with Gasteiger partial charge in [0.05, 0.1) is 11.5 Å². The Hall–Kier alpha value is -0.270. The van der Waals surface area contributed by atoms with E-state index < -0.39 is 10.0 Å². The first kappa shape index (κ1) is 10.7. The molecule has 0 aromatic heterocycles. The molecule has 11 heavy (non-hydrogen) atoms.